The normalized spacial score (nSPS) is 14.4. The van der Waals surface area contributed by atoms with Crippen LogP contribution in [-0.2, 0) is 6.61 Å². The average molecular weight is 383 g/mol. The van der Waals surface area contributed by atoms with Crippen LogP contribution in [0.25, 0.3) is 22.1 Å². The topological polar surface area (TPSA) is 79.5 Å². The molecule has 7 nitrogen and oxygen atoms in total. The van der Waals surface area contributed by atoms with E-state index in [2.05, 4.69) is 24.6 Å². The van der Waals surface area contributed by atoms with Crippen molar-refractivity contribution >= 4 is 11.0 Å². The lowest BCUT2D eigenvalue weighted by Gasteiger charge is -2.05. The molecule has 2 aromatic carbocycles. The zero-order valence-corrected chi connectivity index (χ0v) is 14.1. The number of aromatic nitrogens is 3. The van der Waals surface area contributed by atoms with Crippen molar-refractivity contribution in [3.63, 3.8) is 0 Å². The molecular weight excluding hydrogens is 372 g/mol. The van der Waals surface area contributed by atoms with Gasteiger partial charge in [-0.1, -0.05) is 12.1 Å². The van der Waals surface area contributed by atoms with Crippen molar-refractivity contribution in [2.45, 2.75) is 12.9 Å². The third-order valence-corrected chi connectivity index (χ3v) is 4.13. The van der Waals surface area contributed by atoms with Gasteiger partial charge in [0.2, 0.25) is 0 Å². The Labute approximate surface area is 156 Å². The molecule has 28 heavy (non-hydrogen) atoms. The Morgan fingerprint density at radius 1 is 0.929 bits per heavy atom. The van der Waals surface area contributed by atoms with Gasteiger partial charge in [-0.3, -0.25) is 0 Å². The first-order chi connectivity index (χ1) is 13.6. The zero-order chi connectivity index (χ0) is 19.1. The van der Waals surface area contributed by atoms with Crippen LogP contribution in [-0.4, -0.2) is 21.4 Å². The van der Waals surface area contributed by atoms with E-state index < -0.39 is 6.29 Å². The summed E-state index contributed by atoms with van der Waals surface area (Å²) < 4.78 is 46.3. The predicted octanol–water partition coefficient (Wildman–Crippen LogP) is 4.19. The number of nitrogens with zero attached hydrogens (tertiary/aromatic N) is 3. The van der Waals surface area contributed by atoms with E-state index in [0.29, 0.717) is 22.4 Å². The summed E-state index contributed by atoms with van der Waals surface area (Å²) in [6.07, 6.45) is -0.415. The molecule has 4 aromatic rings. The van der Waals surface area contributed by atoms with Gasteiger partial charge in [0.1, 0.15) is 6.61 Å². The van der Waals surface area contributed by atoms with Crippen LogP contribution in [0.5, 0.6) is 17.4 Å². The van der Waals surface area contributed by atoms with E-state index >= 15 is 0 Å². The first-order valence-electron chi connectivity index (χ1n) is 8.26. The van der Waals surface area contributed by atoms with Gasteiger partial charge in [0, 0.05) is 12.4 Å². The number of benzene rings is 2. The number of ether oxygens (including phenoxy) is 3. The first kappa shape index (κ1) is 16.4. The molecule has 0 atom stereocenters. The van der Waals surface area contributed by atoms with E-state index in [0.717, 1.165) is 5.56 Å². The van der Waals surface area contributed by atoms with Crippen LogP contribution >= 0.6 is 0 Å². The monoisotopic (exact) mass is 383 g/mol. The van der Waals surface area contributed by atoms with Crippen molar-refractivity contribution in [3.05, 3.63) is 60.7 Å². The Morgan fingerprint density at radius 2 is 1.68 bits per heavy atom. The van der Waals surface area contributed by atoms with Gasteiger partial charge >= 0.3 is 6.29 Å². The van der Waals surface area contributed by atoms with Crippen molar-refractivity contribution in [1.29, 1.82) is 0 Å². The second-order valence-corrected chi connectivity index (χ2v) is 5.98. The third-order valence-electron chi connectivity index (χ3n) is 4.13. The van der Waals surface area contributed by atoms with Gasteiger partial charge in [-0.2, -0.15) is 0 Å². The number of rotatable bonds is 4. The molecule has 2 aromatic heterocycles. The van der Waals surface area contributed by atoms with Crippen molar-refractivity contribution in [3.8, 4) is 28.5 Å². The molecule has 140 valence electrons. The zero-order valence-electron chi connectivity index (χ0n) is 14.1. The Morgan fingerprint density at radius 3 is 2.54 bits per heavy atom. The maximum absolute atomic E-state index is 13.2. The van der Waals surface area contributed by atoms with Crippen molar-refractivity contribution in [1.82, 2.24) is 15.1 Å². The van der Waals surface area contributed by atoms with E-state index in [1.165, 1.54) is 12.1 Å². The van der Waals surface area contributed by atoms with Crippen LogP contribution in [0.4, 0.5) is 8.78 Å². The van der Waals surface area contributed by atoms with Crippen molar-refractivity contribution in [2.75, 3.05) is 0 Å². The minimum atomic E-state index is -3.65. The van der Waals surface area contributed by atoms with Crippen LogP contribution < -0.4 is 14.2 Å². The molecule has 0 unspecified atom stereocenters. The molecule has 3 heterocycles. The number of alkyl halides is 2. The summed E-state index contributed by atoms with van der Waals surface area (Å²) in [6.45, 7) is 0.131. The molecule has 0 spiro atoms. The Hall–Kier alpha value is -3.75. The molecule has 0 aliphatic carbocycles. The summed E-state index contributed by atoms with van der Waals surface area (Å²) in [7, 11) is 0. The molecule has 0 amide bonds. The fourth-order valence-corrected chi connectivity index (χ4v) is 2.87. The Bertz CT molecular complexity index is 1160. The van der Waals surface area contributed by atoms with Crippen LogP contribution in [0.2, 0.25) is 0 Å². The molecule has 0 fully saturated rings. The molecule has 0 saturated heterocycles. The van der Waals surface area contributed by atoms with Crippen molar-refractivity contribution in [2.24, 2.45) is 0 Å². The Kier molecular flexibility index (Phi) is 3.61. The number of hydrogen-bond donors (Lipinski definition) is 0. The lowest BCUT2D eigenvalue weighted by Crippen LogP contribution is -2.25. The molecule has 0 bridgehead atoms. The van der Waals surface area contributed by atoms with Crippen molar-refractivity contribution < 1.29 is 27.5 Å². The van der Waals surface area contributed by atoms with E-state index in [4.69, 9.17) is 9.26 Å². The predicted molar refractivity (Wildman–Crippen MR) is 92.0 cm³/mol. The highest BCUT2D eigenvalue weighted by atomic mass is 19.3. The molecule has 0 N–H and O–H groups in total. The molecule has 9 heteroatoms. The number of hydrogen-bond acceptors (Lipinski definition) is 7. The van der Waals surface area contributed by atoms with Gasteiger partial charge in [-0.25, -0.2) is 9.97 Å². The summed E-state index contributed by atoms with van der Waals surface area (Å²) in [5.74, 6) is 0.764. The van der Waals surface area contributed by atoms with Gasteiger partial charge in [-0.15, -0.1) is 8.78 Å². The second kappa shape index (κ2) is 6.15. The molecule has 1 aliphatic rings. The van der Waals surface area contributed by atoms with E-state index in [-0.39, 0.29) is 24.0 Å². The fraction of sp³-hybridized carbons (Fsp3) is 0.105. The summed E-state index contributed by atoms with van der Waals surface area (Å²) in [6, 6.07) is 11.6. The highest BCUT2D eigenvalue weighted by Crippen LogP contribution is 2.43. The maximum atomic E-state index is 13.2. The van der Waals surface area contributed by atoms with Gasteiger partial charge in [0.25, 0.3) is 5.88 Å². The lowest BCUT2D eigenvalue weighted by molar-refractivity contribution is -0.286. The van der Waals surface area contributed by atoms with E-state index in [9.17, 15) is 8.78 Å². The second-order valence-electron chi connectivity index (χ2n) is 5.98. The van der Waals surface area contributed by atoms with Gasteiger partial charge in [-0.05, 0) is 46.6 Å². The minimum Gasteiger partial charge on any atom is -0.467 e. The highest BCUT2D eigenvalue weighted by molar-refractivity contribution is 5.87. The van der Waals surface area contributed by atoms with Gasteiger partial charge in [0.15, 0.2) is 22.9 Å². The first-order valence-corrected chi connectivity index (χ1v) is 8.26. The summed E-state index contributed by atoms with van der Waals surface area (Å²) in [5.41, 5.74) is 1.94. The van der Waals surface area contributed by atoms with Crippen LogP contribution in [0.15, 0.2) is 59.4 Å². The fourth-order valence-electron chi connectivity index (χ4n) is 2.87. The molecule has 5 rings (SSSR count). The average Bonchev–Trinajstić information content (AvgIpc) is 3.24. The van der Waals surface area contributed by atoms with Crippen LogP contribution in [0.3, 0.4) is 0 Å². The lowest BCUT2D eigenvalue weighted by atomic mass is 10.0. The molecule has 0 saturated carbocycles. The number of halogens is 2. The summed E-state index contributed by atoms with van der Waals surface area (Å²) in [5, 5.41) is 4.56. The summed E-state index contributed by atoms with van der Waals surface area (Å²) >= 11 is 0. The largest absolute Gasteiger partial charge is 0.586 e. The molecule has 1 aliphatic heterocycles. The van der Waals surface area contributed by atoms with E-state index in [1.807, 2.05) is 0 Å². The molecule has 0 radical (unpaired) electrons. The standard InChI is InChI=1S/C19H11F2N3O4/c20-19(21)26-15-5-3-12(9-16(15)27-19)11-2-4-14-13(8-11)18(24-28-14)25-10-17-22-6-1-7-23-17/h1-9H,10H2. The van der Waals surface area contributed by atoms with Crippen LogP contribution in [0.1, 0.15) is 5.82 Å². The van der Waals surface area contributed by atoms with Gasteiger partial charge < -0.3 is 18.7 Å². The number of fused-ring (bicyclic) bond motifs is 2. The third kappa shape index (κ3) is 2.96. The SMILES string of the molecule is FC1(F)Oc2ccc(-c3ccc4onc(OCc5ncccn5)c4c3)cc2O1. The maximum Gasteiger partial charge on any atom is 0.586 e. The highest BCUT2D eigenvalue weighted by Gasteiger charge is 2.43. The summed E-state index contributed by atoms with van der Waals surface area (Å²) in [4.78, 5) is 8.17. The quantitative estimate of drug-likeness (QED) is 0.523. The minimum absolute atomic E-state index is 0.00770. The van der Waals surface area contributed by atoms with Crippen LogP contribution in [0, 0.1) is 0 Å². The molecular formula is C19H11F2N3O4. The smallest absolute Gasteiger partial charge is 0.467 e. The van der Waals surface area contributed by atoms with Gasteiger partial charge in [0.05, 0.1) is 5.39 Å². The Balaban J connectivity index is 1.45. The van der Waals surface area contributed by atoms with E-state index in [1.54, 1.807) is 42.7 Å².